The highest BCUT2D eigenvalue weighted by Crippen LogP contribution is 2.21. The van der Waals surface area contributed by atoms with E-state index in [0.29, 0.717) is 17.3 Å². The Hall–Kier alpha value is -1.40. The van der Waals surface area contributed by atoms with E-state index in [9.17, 15) is 9.18 Å². The van der Waals surface area contributed by atoms with E-state index in [1.807, 2.05) is 4.90 Å². The van der Waals surface area contributed by atoms with Crippen LogP contribution in [0.2, 0.25) is 5.02 Å². The number of benzene rings is 1. The van der Waals surface area contributed by atoms with E-state index < -0.39 is 5.82 Å². The normalized spacial score (nSPS) is 18.7. The maximum atomic E-state index is 13.1. The van der Waals surface area contributed by atoms with Crippen molar-refractivity contribution >= 4 is 40.5 Å². The van der Waals surface area contributed by atoms with Gasteiger partial charge in [0.25, 0.3) is 0 Å². The van der Waals surface area contributed by atoms with Crippen molar-refractivity contribution in [1.29, 1.82) is 0 Å². The van der Waals surface area contributed by atoms with Crippen molar-refractivity contribution in [3.63, 3.8) is 0 Å². The fourth-order valence-electron chi connectivity index (χ4n) is 2.17. The molecular weight excluding hydrogens is 301 g/mol. The lowest BCUT2D eigenvalue weighted by Gasteiger charge is -2.33. The Morgan fingerprint density at radius 3 is 2.95 bits per heavy atom. The van der Waals surface area contributed by atoms with Gasteiger partial charge in [-0.25, -0.2) is 4.39 Å². The zero-order chi connectivity index (χ0) is 14.7. The number of carbonyl (C=O) groups is 1. The summed E-state index contributed by atoms with van der Waals surface area (Å²) in [6.07, 6.45) is 1.65. The summed E-state index contributed by atoms with van der Waals surface area (Å²) in [6, 6.07) is 4.30. The molecule has 4 nitrogen and oxygen atoms in total. The van der Waals surface area contributed by atoms with Gasteiger partial charge in [0.05, 0.1) is 10.9 Å². The minimum Gasteiger partial charge on any atom is -0.369 e. The van der Waals surface area contributed by atoms with Crippen LogP contribution in [0.4, 0.5) is 10.1 Å². The minimum absolute atomic E-state index is 0.0338. The van der Waals surface area contributed by atoms with Crippen LogP contribution in [-0.4, -0.2) is 29.0 Å². The fraction of sp³-hybridized carbons (Fsp3) is 0.385. The van der Waals surface area contributed by atoms with Crippen molar-refractivity contribution in [3.05, 3.63) is 29.0 Å². The lowest BCUT2D eigenvalue weighted by Crippen LogP contribution is -2.45. The molecule has 2 rings (SSSR count). The molecule has 0 spiro atoms. The SMILES string of the molecule is NC(=O)C1CCCN(C(=S)Nc2ccc(F)c(Cl)c2)C1. The van der Waals surface area contributed by atoms with Crippen LogP contribution >= 0.6 is 23.8 Å². The Balaban J connectivity index is 2.00. The molecule has 1 fully saturated rings. The van der Waals surface area contributed by atoms with E-state index in [1.165, 1.54) is 12.1 Å². The third-order valence-corrected chi connectivity index (χ3v) is 3.93. The number of carbonyl (C=O) groups excluding carboxylic acids is 1. The Labute approximate surface area is 127 Å². The van der Waals surface area contributed by atoms with Gasteiger partial charge in [0.1, 0.15) is 5.82 Å². The molecule has 1 aromatic rings. The summed E-state index contributed by atoms with van der Waals surface area (Å²) in [5.41, 5.74) is 5.94. The average molecular weight is 316 g/mol. The predicted molar refractivity (Wildman–Crippen MR) is 81.1 cm³/mol. The highest BCUT2D eigenvalue weighted by molar-refractivity contribution is 7.80. The van der Waals surface area contributed by atoms with Crippen molar-refractivity contribution < 1.29 is 9.18 Å². The number of hydrogen-bond donors (Lipinski definition) is 2. The smallest absolute Gasteiger partial charge is 0.222 e. The highest BCUT2D eigenvalue weighted by atomic mass is 35.5. The molecule has 0 bridgehead atoms. The van der Waals surface area contributed by atoms with Crippen LogP contribution in [0.25, 0.3) is 0 Å². The summed E-state index contributed by atoms with van der Waals surface area (Å²) < 4.78 is 13.1. The summed E-state index contributed by atoms with van der Waals surface area (Å²) in [5.74, 6) is -0.961. The fourth-order valence-corrected chi connectivity index (χ4v) is 2.63. The van der Waals surface area contributed by atoms with Gasteiger partial charge in [0, 0.05) is 18.8 Å². The van der Waals surface area contributed by atoms with E-state index >= 15 is 0 Å². The molecule has 20 heavy (non-hydrogen) atoms. The van der Waals surface area contributed by atoms with Crippen LogP contribution in [0.1, 0.15) is 12.8 Å². The molecule has 3 N–H and O–H groups in total. The van der Waals surface area contributed by atoms with Crippen LogP contribution in [0, 0.1) is 11.7 Å². The monoisotopic (exact) mass is 315 g/mol. The topological polar surface area (TPSA) is 58.4 Å². The van der Waals surface area contributed by atoms with Gasteiger partial charge in [-0.05, 0) is 43.3 Å². The Morgan fingerprint density at radius 2 is 2.30 bits per heavy atom. The molecule has 1 heterocycles. The summed E-state index contributed by atoms with van der Waals surface area (Å²) in [6.45, 7) is 1.28. The molecule has 0 aromatic heterocycles. The zero-order valence-corrected chi connectivity index (χ0v) is 12.3. The number of hydrogen-bond acceptors (Lipinski definition) is 2. The number of thiocarbonyl (C=S) groups is 1. The molecule has 1 aromatic carbocycles. The number of anilines is 1. The highest BCUT2D eigenvalue weighted by Gasteiger charge is 2.25. The third kappa shape index (κ3) is 3.58. The molecule has 0 radical (unpaired) electrons. The molecular formula is C13H15ClFN3OS. The van der Waals surface area contributed by atoms with Gasteiger partial charge in [0.15, 0.2) is 5.11 Å². The van der Waals surface area contributed by atoms with E-state index in [0.717, 1.165) is 19.4 Å². The lowest BCUT2D eigenvalue weighted by molar-refractivity contribution is -0.122. The van der Waals surface area contributed by atoms with E-state index in [1.54, 1.807) is 6.07 Å². The first-order valence-electron chi connectivity index (χ1n) is 6.27. The summed E-state index contributed by atoms with van der Waals surface area (Å²) in [7, 11) is 0. The van der Waals surface area contributed by atoms with E-state index in [4.69, 9.17) is 29.6 Å². The number of piperidine rings is 1. The zero-order valence-electron chi connectivity index (χ0n) is 10.7. The first kappa shape index (κ1) is 15.0. The maximum absolute atomic E-state index is 13.1. The molecule has 1 aliphatic rings. The van der Waals surface area contributed by atoms with Gasteiger partial charge in [-0.3, -0.25) is 4.79 Å². The number of amides is 1. The largest absolute Gasteiger partial charge is 0.369 e. The third-order valence-electron chi connectivity index (χ3n) is 3.28. The summed E-state index contributed by atoms with van der Waals surface area (Å²) in [5, 5.41) is 3.51. The number of rotatable bonds is 2. The number of likely N-dealkylation sites (tertiary alicyclic amines) is 1. The van der Waals surface area contributed by atoms with Crippen LogP contribution < -0.4 is 11.1 Å². The van der Waals surface area contributed by atoms with Crippen molar-refractivity contribution in [2.45, 2.75) is 12.8 Å². The van der Waals surface area contributed by atoms with E-state index in [-0.39, 0.29) is 16.8 Å². The number of primary amides is 1. The molecule has 0 aliphatic carbocycles. The van der Waals surface area contributed by atoms with Crippen molar-refractivity contribution in [2.75, 3.05) is 18.4 Å². The van der Waals surface area contributed by atoms with Crippen LogP contribution in [0.15, 0.2) is 18.2 Å². The Kier molecular flexibility index (Phi) is 4.77. The second-order valence-corrected chi connectivity index (χ2v) is 5.54. The lowest BCUT2D eigenvalue weighted by atomic mass is 9.98. The average Bonchev–Trinajstić information content (AvgIpc) is 2.43. The Bertz CT molecular complexity index is 540. The van der Waals surface area contributed by atoms with Gasteiger partial charge >= 0.3 is 0 Å². The number of nitrogens with zero attached hydrogens (tertiary/aromatic N) is 1. The quantitative estimate of drug-likeness (QED) is 0.823. The number of nitrogens with two attached hydrogens (primary N) is 1. The predicted octanol–water partition coefficient (Wildman–Crippen LogP) is 2.37. The summed E-state index contributed by atoms with van der Waals surface area (Å²) >= 11 is 11.0. The maximum Gasteiger partial charge on any atom is 0.222 e. The molecule has 1 unspecified atom stereocenters. The van der Waals surface area contributed by atoms with Gasteiger partial charge in [-0.15, -0.1) is 0 Å². The molecule has 1 saturated heterocycles. The molecule has 0 saturated carbocycles. The van der Waals surface area contributed by atoms with Gasteiger partial charge in [0.2, 0.25) is 5.91 Å². The standard InChI is InChI=1S/C13H15ClFN3OS/c14-10-6-9(3-4-11(10)15)17-13(20)18-5-1-2-8(7-18)12(16)19/h3-4,6,8H,1-2,5,7H2,(H2,16,19)(H,17,20). The molecule has 1 aliphatic heterocycles. The van der Waals surface area contributed by atoms with Gasteiger partial charge in [-0.2, -0.15) is 0 Å². The van der Waals surface area contributed by atoms with Gasteiger partial charge < -0.3 is 16.0 Å². The summed E-state index contributed by atoms with van der Waals surface area (Å²) in [4.78, 5) is 13.1. The second-order valence-electron chi connectivity index (χ2n) is 4.75. The number of halogens is 2. The first-order valence-corrected chi connectivity index (χ1v) is 7.06. The number of nitrogens with one attached hydrogen (secondary N) is 1. The second kappa shape index (κ2) is 6.37. The Morgan fingerprint density at radius 1 is 1.55 bits per heavy atom. The first-order chi connectivity index (χ1) is 9.47. The molecule has 1 atom stereocenters. The van der Waals surface area contributed by atoms with Crippen molar-refractivity contribution in [3.8, 4) is 0 Å². The van der Waals surface area contributed by atoms with E-state index in [2.05, 4.69) is 5.32 Å². The van der Waals surface area contributed by atoms with Crippen molar-refractivity contribution in [1.82, 2.24) is 4.90 Å². The molecule has 1 amide bonds. The van der Waals surface area contributed by atoms with Crippen molar-refractivity contribution in [2.24, 2.45) is 11.7 Å². The van der Waals surface area contributed by atoms with Crippen LogP contribution in [0.3, 0.4) is 0 Å². The van der Waals surface area contributed by atoms with Crippen LogP contribution in [0.5, 0.6) is 0 Å². The molecule has 108 valence electrons. The van der Waals surface area contributed by atoms with Crippen LogP contribution in [-0.2, 0) is 4.79 Å². The van der Waals surface area contributed by atoms with Gasteiger partial charge in [-0.1, -0.05) is 11.6 Å². The minimum atomic E-state index is -0.477. The molecule has 7 heteroatoms.